The molecule has 0 fully saturated rings. The van der Waals surface area contributed by atoms with Gasteiger partial charge in [-0.3, -0.25) is 4.79 Å². The number of rotatable bonds is 6. The summed E-state index contributed by atoms with van der Waals surface area (Å²) in [7, 11) is 0. The van der Waals surface area contributed by atoms with Crippen molar-refractivity contribution in [1.82, 2.24) is 9.55 Å². The van der Waals surface area contributed by atoms with E-state index in [0.29, 0.717) is 17.9 Å². The minimum absolute atomic E-state index is 0.0551. The predicted octanol–water partition coefficient (Wildman–Crippen LogP) is 1.83. The van der Waals surface area contributed by atoms with Crippen molar-refractivity contribution in [2.75, 3.05) is 6.61 Å². The monoisotopic (exact) mass is 274 g/mol. The minimum atomic E-state index is -0.664. The maximum atomic E-state index is 11.5. The Morgan fingerprint density at radius 1 is 1.45 bits per heavy atom. The second-order valence-electron chi connectivity index (χ2n) is 4.64. The molecule has 5 nitrogen and oxygen atoms in total. The molecule has 106 valence electrons. The number of aromatic nitrogens is 2. The number of nitrogens with zero attached hydrogens (tertiary/aromatic N) is 2. The van der Waals surface area contributed by atoms with Crippen LogP contribution in [0.25, 0.3) is 0 Å². The summed E-state index contributed by atoms with van der Waals surface area (Å²) in [4.78, 5) is 15.5. The topological polar surface area (TPSA) is 64.3 Å². The van der Waals surface area contributed by atoms with Crippen LogP contribution >= 0.6 is 0 Å². The number of ketones is 1. The van der Waals surface area contributed by atoms with E-state index in [4.69, 9.17) is 4.74 Å². The van der Waals surface area contributed by atoms with Gasteiger partial charge in [-0.1, -0.05) is 12.1 Å². The van der Waals surface area contributed by atoms with Crippen molar-refractivity contribution in [3.8, 4) is 5.75 Å². The molecule has 0 amide bonds. The van der Waals surface area contributed by atoms with E-state index in [1.165, 1.54) is 6.92 Å². The quantitative estimate of drug-likeness (QED) is 0.816. The molecular formula is C15H18N2O3. The minimum Gasteiger partial charge on any atom is -0.490 e. The SMILES string of the molecule is CC(=O)c1ccccc1OC[C@H](O)Cn1ccnc1C. The van der Waals surface area contributed by atoms with Crippen LogP contribution in [-0.2, 0) is 6.54 Å². The fourth-order valence-electron chi connectivity index (χ4n) is 1.95. The first kappa shape index (κ1) is 14.3. The average Bonchev–Trinajstić information content (AvgIpc) is 2.82. The zero-order valence-corrected chi connectivity index (χ0v) is 11.6. The van der Waals surface area contributed by atoms with Crippen molar-refractivity contribution >= 4 is 5.78 Å². The molecule has 0 spiro atoms. The molecule has 0 aliphatic carbocycles. The highest BCUT2D eigenvalue weighted by Gasteiger charge is 2.11. The van der Waals surface area contributed by atoms with Crippen LogP contribution < -0.4 is 4.74 Å². The van der Waals surface area contributed by atoms with Gasteiger partial charge in [0.1, 0.15) is 24.3 Å². The van der Waals surface area contributed by atoms with Crippen LogP contribution in [0, 0.1) is 6.92 Å². The summed E-state index contributed by atoms with van der Waals surface area (Å²) in [5, 5.41) is 9.98. The fraction of sp³-hybridized carbons (Fsp3) is 0.333. The van der Waals surface area contributed by atoms with Gasteiger partial charge in [-0.05, 0) is 26.0 Å². The second kappa shape index (κ2) is 6.34. The number of aliphatic hydroxyl groups excluding tert-OH is 1. The first-order valence-corrected chi connectivity index (χ1v) is 6.46. The molecule has 1 atom stereocenters. The van der Waals surface area contributed by atoms with Crippen LogP contribution in [0.1, 0.15) is 23.1 Å². The van der Waals surface area contributed by atoms with Crippen LogP contribution in [0.15, 0.2) is 36.7 Å². The second-order valence-corrected chi connectivity index (χ2v) is 4.64. The first-order chi connectivity index (χ1) is 9.58. The van der Waals surface area contributed by atoms with Crippen LogP contribution in [0.2, 0.25) is 0 Å². The van der Waals surface area contributed by atoms with E-state index >= 15 is 0 Å². The van der Waals surface area contributed by atoms with Crippen molar-refractivity contribution in [2.45, 2.75) is 26.5 Å². The number of hydrogen-bond donors (Lipinski definition) is 1. The van der Waals surface area contributed by atoms with Crippen LogP contribution in [0.4, 0.5) is 0 Å². The molecule has 1 N–H and O–H groups in total. The maximum absolute atomic E-state index is 11.5. The van der Waals surface area contributed by atoms with Crippen LogP contribution in [0.3, 0.4) is 0 Å². The van der Waals surface area contributed by atoms with Crippen molar-refractivity contribution in [2.24, 2.45) is 0 Å². The molecule has 0 aliphatic heterocycles. The molecule has 0 saturated heterocycles. The lowest BCUT2D eigenvalue weighted by molar-refractivity contribution is 0.0892. The zero-order valence-electron chi connectivity index (χ0n) is 11.6. The first-order valence-electron chi connectivity index (χ1n) is 6.46. The number of benzene rings is 1. The summed E-state index contributed by atoms with van der Waals surface area (Å²) in [6.45, 7) is 3.90. The number of aliphatic hydroxyl groups is 1. The van der Waals surface area contributed by atoms with Gasteiger partial charge in [0.25, 0.3) is 0 Å². The molecule has 0 bridgehead atoms. The van der Waals surface area contributed by atoms with Gasteiger partial charge in [0.05, 0.1) is 12.1 Å². The Kier molecular flexibility index (Phi) is 4.53. The third-order valence-electron chi connectivity index (χ3n) is 3.03. The van der Waals surface area contributed by atoms with E-state index in [1.807, 2.05) is 17.7 Å². The molecule has 5 heteroatoms. The fourth-order valence-corrected chi connectivity index (χ4v) is 1.95. The molecule has 1 aromatic carbocycles. The highest BCUT2D eigenvalue weighted by Crippen LogP contribution is 2.18. The third-order valence-corrected chi connectivity index (χ3v) is 3.03. The van der Waals surface area contributed by atoms with E-state index in [1.54, 1.807) is 30.5 Å². The van der Waals surface area contributed by atoms with Gasteiger partial charge < -0.3 is 14.4 Å². The number of ether oxygens (including phenoxy) is 1. The number of hydrogen-bond acceptors (Lipinski definition) is 4. The molecule has 2 aromatic rings. The molecule has 0 radical (unpaired) electrons. The van der Waals surface area contributed by atoms with Crippen LogP contribution in [-0.4, -0.2) is 33.2 Å². The number of aryl methyl sites for hydroxylation is 1. The summed E-state index contributed by atoms with van der Waals surface area (Å²) >= 11 is 0. The average molecular weight is 274 g/mol. The third kappa shape index (κ3) is 3.45. The van der Waals surface area contributed by atoms with E-state index in [0.717, 1.165) is 5.82 Å². The van der Waals surface area contributed by atoms with Crippen molar-refractivity contribution in [1.29, 1.82) is 0 Å². The van der Waals surface area contributed by atoms with E-state index in [-0.39, 0.29) is 12.4 Å². The lowest BCUT2D eigenvalue weighted by Crippen LogP contribution is -2.24. The normalized spacial score (nSPS) is 12.2. The maximum Gasteiger partial charge on any atom is 0.163 e. The summed E-state index contributed by atoms with van der Waals surface area (Å²) < 4.78 is 7.40. The Hall–Kier alpha value is -2.14. The molecule has 0 aliphatic rings. The van der Waals surface area contributed by atoms with Gasteiger partial charge in [0.2, 0.25) is 0 Å². The van der Waals surface area contributed by atoms with Crippen LogP contribution in [0.5, 0.6) is 5.75 Å². The lowest BCUT2D eigenvalue weighted by Gasteiger charge is -2.15. The zero-order chi connectivity index (χ0) is 14.5. The molecule has 0 unspecified atom stereocenters. The van der Waals surface area contributed by atoms with Gasteiger partial charge in [-0.15, -0.1) is 0 Å². The molecule has 1 aromatic heterocycles. The Morgan fingerprint density at radius 2 is 2.20 bits per heavy atom. The highest BCUT2D eigenvalue weighted by molar-refractivity contribution is 5.96. The number of para-hydroxylation sites is 1. The molecule has 0 saturated carbocycles. The Bertz CT molecular complexity index is 592. The van der Waals surface area contributed by atoms with E-state index in [2.05, 4.69) is 4.98 Å². The van der Waals surface area contributed by atoms with Gasteiger partial charge in [0, 0.05) is 12.4 Å². The van der Waals surface area contributed by atoms with Gasteiger partial charge in [-0.2, -0.15) is 0 Å². The van der Waals surface area contributed by atoms with Crippen molar-refractivity contribution in [3.05, 3.63) is 48.0 Å². The largest absolute Gasteiger partial charge is 0.490 e. The molecule has 20 heavy (non-hydrogen) atoms. The highest BCUT2D eigenvalue weighted by atomic mass is 16.5. The summed E-state index contributed by atoms with van der Waals surface area (Å²) in [6.07, 6.45) is 2.83. The number of carbonyl (C=O) groups is 1. The van der Waals surface area contributed by atoms with Crippen molar-refractivity contribution < 1.29 is 14.6 Å². The molecular weight excluding hydrogens is 256 g/mol. The molecule has 2 rings (SSSR count). The van der Waals surface area contributed by atoms with Crippen molar-refractivity contribution in [3.63, 3.8) is 0 Å². The van der Waals surface area contributed by atoms with E-state index in [9.17, 15) is 9.90 Å². The Morgan fingerprint density at radius 3 is 2.85 bits per heavy atom. The lowest BCUT2D eigenvalue weighted by atomic mass is 10.1. The summed E-state index contributed by atoms with van der Waals surface area (Å²) in [5.41, 5.74) is 0.526. The van der Waals surface area contributed by atoms with Gasteiger partial charge >= 0.3 is 0 Å². The Labute approximate surface area is 117 Å². The van der Waals surface area contributed by atoms with E-state index < -0.39 is 6.10 Å². The van der Waals surface area contributed by atoms with Gasteiger partial charge in [-0.25, -0.2) is 4.98 Å². The number of Topliss-reactive ketones (excluding diaryl/α,β-unsaturated/α-hetero) is 1. The summed E-state index contributed by atoms with van der Waals surface area (Å²) in [5.74, 6) is 1.29. The number of carbonyl (C=O) groups excluding carboxylic acids is 1. The predicted molar refractivity (Wildman–Crippen MR) is 74.9 cm³/mol. The standard InChI is InChI=1S/C15H18N2O3/c1-11(18)14-5-3-4-6-15(14)20-10-13(19)9-17-8-7-16-12(17)2/h3-8,13,19H,9-10H2,1-2H3/t13-/m1/s1. The summed E-state index contributed by atoms with van der Waals surface area (Å²) in [6, 6.07) is 7.03. The Balaban J connectivity index is 1.95. The smallest absolute Gasteiger partial charge is 0.163 e. The molecule has 1 heterocycles. The van der Waals surface area contributed by atoms with Gasteiger partial charge in [0.15, 0.2) is 5.78 Å². The number of imidazole rings is 1.